The predicted octanol–water partition coefficient (Wildman–Crippen LogP) is 0.864. The van der Waals surface area contributed by atoms with Crippen LogP contribution in [0.4, 0.5) is 0 Å². The Morgan fingerprint density at radius 1 is 1.31 bits per heavy atom. The van der Waals surface area contributed by atoms with E-state index in [1.165, 1.54) is 18.5 Å². The molecule has 1 aliphatic heterocycles. The van der Waals surface area contributed by atoms with E-state index in [-0.39, 0.29) is 35.6 Å². The largest absolute Gasteiger partial charge is 0.377 e. The molecule has 2 N–H and O–H groups in total. The Kier molecular flexibility index (Phi) is 5.92. The number of nitrogens with one attached hydrogen (secondary N) is 2. The van der Waals surface area contributed by atoms with Crippen LogP contribution in [-0.4, -0.2) is 43.5 Å². The number of sulfonamides is 1. The normalized spacial score (nSPS) is 17.2. The van der Waals surface area contributed by atoms with Crippen LogP contribution in [0.25, 0.3) is 0 Å². The molecular weight excluding hydrogens is 356 g/mol. The molecule has 1 atom stereocenters. The molecule has 1 amide bonds. The van der Waals surface area contributed by atoms with Crippen LogP contribution < -0.4 is 10.0 Å². The smallest absolute Gasteiger partial charge is 0.251 e. The number of rotatable bonds is 7. The van der Waals surface area contributed by atoms with Crippen LogP contribution in [0.15, 0.2) is 47.8 Å². The van der Waals surface area contributed by atoms with Gasteiger partial charge in [-0.15, -0.1) is 0 Å². The van der Waals surface area contributed by atoms with E-state index in [0.29, 0.717) is 12.3 Å². The molecule has 1 aromatic carbocycles. The highest BCUT2D eigenvalue weighted by Crippen LogP contribution is 2.14. The van der Waals surface area contributed by atoms with Crippen LogP contribution in [-0.2, 0) is 21.3 Å². The Hall–Kier alpha value is -2.36. The highest BCUT2D eigenvalue weighted by molar-refractivity contribution is 7.89. The van der Waals surface area contributed by atoms with Crippen LogP contribution >= 0.6 is 0 Å². The van der Waals surface area contributed by atoms with E-state index in [2.05, 4.69) is 20.0 Å². The number of carbonyl (C=O) groups excluding carboxylic acids is 1. The summed E-state index contributed by atoms with van der Waals surface area (Å²) in [5.41, 5.74) is 0.925. The Morgan fingerprint density at radius 2 is 2.19 bits per heavy atom. The lowest BCUT2D eigenvalue weighted by Crippen LogP contribution is -2.32. The van der Waals surface area contributed by atoms with Gasteiger partial charge in [0.25, 0.3) is 5.91 Å². The number of ether oxygens (including phenoxy) is 1. The van der Waals surface area contributed by atoms with Gasteiger partial charge in [-0.05, 0) is 37.1 Å². The van der Waals surface area contributed by atoms with Crippen molar-refractivity contribution in [1.29, 1.82) is 0 Å². The molecular formula is C17H20N4O4S. The van der Waals surface area contributed by atoms with Crippen LogP contribution in [0, 0.1) is 0 Å². The van der Waals surface area contributed by atoms with Crippen molar-refractivity contribution < 1.29 is 17.9 Å². The summed E-state index contributed by atoms with van der Waals surface area (Å²) in [6.45, 7) is 1.12. The van der Waals surface area contributed by atoms with E-state index in [9.17, 15) is 13.2 Å². The van der Waals surface area contributed by atoms with Gasteiger partial charge in [0.15, 0.2) is 0 Å². The van der Waals surface area contributed by atoms with Crippen molar-refractivity contribution in [3.05, 3.63) is 54.1 Å². The van der Waals surface area contributed by atoms with Crippen LogP contribution in [0.5, 0.6) is 0 Å². The average Bonchev–Trinajstić information content (AvgIpc) is 3.19. The summed E-state index contributed by atoms with van der Waals surface area (Å²) in [6.07, 6.45) is 4.67. The van der Waals surface area contributed by atoms with Gasteiger partial charge < -0.3 is 10.1 Å². The van der Waals surface area contributed by atoms with Gasteiger partial charge in [-0.25, -0.2) is 23.1 Å². The molecule has 8 nitrogen and oxygen atoms in total. The minimum absolute atomic E-state index is 0.0465. The molecule has 0 bridgehead atoms. The first kappa shape index (κ1) is 18.4. The van der Waals surface area contributed by atoms with Crippen molar-refractivity contribution in [2.45, 2.75) is 30.4 Å². The molecule has 1 aliphatic rings. The summed E-state index contributed by atoms with van der Waals surface area (Å²) in [7, 11) is -3.70. The molecule has 3 rings (SSSR count). The number of hydrogen-bond donors (Lipinski definition) is 2. The number of hydrogen-bond acceptors (Lipinski definition) is 6. The maximum absolute atomic E-state index is 12.4. The van der Waals surface area contributed by atoms with Crippen LogP contribution in [0.3, 0.4) is 0 Å². The standard InChI is InChI=1S/C17H20N4O4S/c22-17(19-10-14-6-7-18-12-20-14)13-3-1-5-16(9-13)26(23,24)21-11-15-4-2-8-25-15/h1,3,5-7,9,12,15,21H,2,4,8,10-11H2,(H,19,22)/t15-/m0/s1. The van der Waals surface area contributed by atoms with Crippen molar-refractivity contribution in [1.82, 2.24) is 20.0 Å². The third-order valence-corrected chi connectivity index (χ3v) is 5.43. The molecule has 0 radical (unpaired) electrons. The highest BCUT2D eigenvalue weighted by Gasteiger charge is 2.21. The number of carbonyl (C=O) groups is 1. The second kappa shape index (κ2) is 8.35. The number of nitrogens with zero attached hydrogens (tertiary/aromatic N) is 2. The Morgan fingerprint density at radius 3 is 2.92 bits per heavy atom. The van der Waals surface area contributed by atoms with E-state index < -0.39 is 10.0 Å². The molecule has 1 aromatic heterocycles. The first-order valence-electron chi connectivity index (χ1n) is 8.29. The monoisotopic (exact) mass is 376 g/mol. The van der Waals surface area contributed by atoms with Gasteiger partial charge in [0.1, 0.15) is 6.33 Å². The van der Waals surface area contributed by atoms with Gasteiger partial charge in [-0.2, -0.15) is 0 Å². The molecule has 2 heterocycles. The molecule has 0 aliphatic carbocycles. The molecule has 0 saturated carbocycles. The van der Waals surface area contributed by atoms with Crippen molar-refractivity contribution >= 4 is 15.9 Å². The van der Waals surface area contributed by atoms with E-state index in [1.54, 1.807) is 24.4 Å². The zero-order valence-corrected chi connectivity index (χ0v) is 14.9. The zero-order chi connectivity index (χ0) is 18.4. The second-order valence-corrected chi connectivity index (χ2v) is 7.67. The molecule has 0 unspecified atom stereocenters. The fourth-order valence-corrected chi connectivity index (χ4v) is 3.70. The van der Waals surface area contributed by atoms with Gasteiger partial charge in [0, 0.05) is 24.9 Å². The Labute approximate surface area is 152 Å². The SMILES string of the molecule is O=C(NCc1ccncn1)c1cccc(S(=O)(=O)NC[C@@H]2CCCO2)c1. The predicted molar refractivity (Wildman–Crippen MR) is 93.8 cm³/mol. The van der Waals surface area contributed by atoms with Crippen molar-refractivity contribution in [2.24, 2.45) is 0 Å². The molecule has 0 spiro atoms. The Balaban J connectivity index is 1.63. The third kappa shape index (κ3) is 4.84. The van der Waals surface area contributed by atoms with E-state index >= 15 is 0 Å². The molecule has 138 valence electrons. The van der Waals surface area contributed by atoms with E-state index in [0.717, 1.165) is 12.8 Å². The summed E-state index contributed by atoms with van der Waals surface area (Å²) >= 11 is 0. The number of benzene rings is 1. The molecule has 9 heteroatoms. The van der Waals surface area contributed by atoms with Crippen molar-refractivity contribution in [3.63, 3.8) is 0 Å². The maximum Gasteiger partial charge on any atom is 0.251 e. The summed E-state index contributed by atoms with van der Waals surface area (Å²) in [6, 6.07) is 7.61. The fourth-order valence-electron chi connectivity index (χ4n) is 2.59. The van der Waals surface area contributed by atoms with Gasteiger partial charge in [0.2, 0.25) is 10.0 Å². The van der Waals surface area contributed by atoms with Gasteiger partial charge in [-0.3, -0.25) is 4.79 Å². The topological polar surface area (TPSA) is 110 Å². The van der Waals surface area contributed by atoms with Crippen LogP contribution in [0.2, 0.25) is 0 Å². The molecule has 2 aromatic rings. The molecule has 26 heavy (non-hydrogen) atoms. The lowest BCUT2D eigenvalue weighted by molar-refractivity contribution is 0.0950. The summed E-state index contributed by atoms with van der Waals surface area (Å²) in [5, 5.41) is 2.71. The van der Waals surface area contributed by atoms with Gasteiger partial charge in [-0.1, -0.05) is 6.07 Å². The number of amides is 1. The van der Waals surface area contributed by atoms with Gasteiger partial charge in [0.05, 0.1) is 23.2 Å². The zero-order valence-electron chi connectivity index (χ0n) is 14.1. The number of aromatic nitrogens is 2. The van der Waals surface area contributed by atoms with E-state index in [1.807, 2.05) is 0 Å². The minimum Gasteiger partial charge on any atom is -0.377 e. The van der Waals surface area contributed by atoms with Crippen molar-refractivity contribution in [2.75, 3.05) is 13.2 Å². The minimum atomic E-state index is -3.70. The highest BCUT2D eigenvalue weighted by atomic mass is 32.2. The molecule has 1 saturated heterocycles. The second-order valence-electron chi connectivity index (χ2n) is 5.90. The third-order valence-electron chi connectivity index (χ3n) is 4.00. The average molecular weight is 376 g/mol. The lowest BCUT2D eigenvalue weighted by atomic mass is 10.2. The maximum atomic E-state index is 12.4. The first-order valence-corrected chi connectivity index (χ1v) is 9.77. The van der Waals surface area contributed by atoms with Crippen LogP contribution in [0.1, 0.15) is 28.9 Å². The fraction of sp³-hybridized carbons (Fsp3) is 0.353. The summed E-state index contributed by atoms with van der Waals surface area (Å²) in [4.78, 5) is 20.1. The first-order chi connectivity index (χ1) is 12.5. The summed E-state index contributed by atoms with van der Waals surface area (Å²) < 4.78 is 32.8. The quantitative estimate of drug-likeness (QED) is 0.742. The summed E-state index contributed by atoms with van der Waals surface area (Å²) in [5.74, 6) is -0.375. The van der Waals surface area contributed by atoms with Gasteiger partial charge >= 0.3 is 0 Å². The van der Waals surface area contributed by atoms with E-state index in [4.69, 9.17) is 4.74 Å². The lowest BCUT2D eigenvalue weighted by Gasteiger charge is -2.12. The molecule has 1 fully saturated rings. The Bertz CT molecular complexity index is 852. The van der Waals surface area contributed by atoms with Crippen molar-refractivity contribution in [3.8, 4) is 0 Å².